The van der Waals surface area contributed by atoms with E-state index >= 15 is 0 Å². The van der Waals surface area contributed by atoms with Crippen molar-refractivity contribution in [1.82, 2.24) is 0 Å². The zero-order valence-corrected chi connectivity index (χ0v) is 11.7. The summed E-state index contributed by atoms with van der Waals surface area (Å²) in [6, 6.07) is 11.8. The molecule has 0 fully saturated rings. The number of halogens is 3. The molecule has 2 aromatic rings. The number of rotatable bonds is 4. The molecule has 0 atom stereocenters. The lowest BCUT2D eigenvalue weighted by atomic mass is 10.1. The molecule has 0 aliphatic heterocycles. The van der Waals surface area contributed by atoms with Gasteiger partial charge in [-0.15, -0.1) is 0 Å². The van der Waals surface area contributed by atoms with Crippen molar-refractivity contribution in [3.05, 3.63) is 65.2 Å². The van der Waals surface area contributed by atoms with Crippen LogP contribution in [0, 0.1) is 0 Å². The van der Waals surface area contributed by atoms with Crippen LogP contribution in [0.2, 0.25) is 0 Å². The van der Waals surface area contributed by atoms with Crippen LogP contribution in [-0.2, 0) is 17.5 Å². The number of hydrogen-bond acceptors (Lipinski definition) is 3. The molecule has 0 unspecified atom stereocenters. The van der Waals surface area contributed by atoms with E-state index in [1.165, 1.54) is 6.07 Å². The largest absolute Gasteiger partial charge is 0.489 e. The van der Waals surface area contributed by atoms with E-state index in [2.05, 4.69) is 4.74 Å². The third-order valence-electron chi connectivity index (χ3n) is 2.90. The van der Waals surface area contributed by atoms with Gasteiger partial charge in [0.15, 0.2) is 0 Å². The second kappa shape index (κ2) is 6.51. The van der Waals surface area contributed by atoms with Crippen LogP contribution in [0.15, 0.2) is 48.5 Å². The Morgan fingerprint density at radius 2 is 1.77 bits per heavy atom. The predicted octanol–water partition coefficient (Wildman–Crippen LogP) is 4.07. The van der Waals surface area contributed by atoms with Gasteiger partial charge < -0.3 is 9.47 Å². The predicted molar refractivity (Wildman–Crippen MR) is 73.6 cm³/mol. The first-order valence-electron chi connectivity index (χ1n) is 6.37. The van der Waals surface area contributed by atoms with Crippen LogP contribution < -0.4 is 4.74 Å². The number of alkyl halides is 3. The average Bonchev–Trinajstić information content (AvgIpc) is 2.52. The van der Waals surface area contributed by atoms with Gasteiger partial charge in [0.1, 0.15) is 12.4 Å². The molecule has 0 saturated heterocycles. The van der Waals surface area contributed by atoms with Crippen molar-refractivity contribution in [3.8, 4) is 5.75 Å². The number of hydrogen-bond donors (Lipinski definition) is 0. The smallest absolute Gasteiger partial charge is 0.416 e. The van der Waals surface area contributed by atoms with Crippen molar-refractivity contribution >= 4 is 5.97 Å². The molecule has 0 spiro atoms. The summed E-state index contributed by atoms with van der Waals surface area (Å²) in [5.41, 5.74) is -0.363. The molecule has 2 rings (SSSR count). The molecule has 0 bridgehead atoms. The topological polar surface area (TPSA) is 35.5 Å². The Balaban J connectivity index is 2.27. The molecule has 116 valence electrons. The number of ether oxygens (including phenoxy) is 2. The maximum atomic E-state index is 12.9. The van der Waals surface area contributed by atoms with Crippen molar-refractivity contribution in [1.29, 1.82) is 0 Å². The molecular formula is C16H13F3O3. The molecule has 0 aliphatic carbocycles. The standard InChI is InChI=1S/C16H13F3O3/c1-21-15(20)12-7-13(16(17,18)19)9-14(8-12)22-10-11-5-3-2-4-6-11/h2-9H,10H2,1H3. The van der Waals surface area contributed by atoms with Gasteiger partial charge in [-0.25, -0.2) is 4.79 Å². The molecule has 0 radical (unpaired) electrons. The van der Waals surface area contributed by atoms with Crippen LogP contribution in [0.25, 0.3) is 0 Å². The zero-order chi connectivity index (χ0) is 16.2. The summed E-state index contributed by atoms with van der Waals surface area (Å²) in [4.78, 5) is 11.5. The zero-order valence-electron chi connectivity index (χ0n) is 11.7. The number of carbonyl (C=O) groups is 1. The van der Waals surface area contributed by atoms with Gasteiger partial charge in [-0.3, -0.25) is 0 Å². The van der Waals surface area contributed by atoms with Crippen LogP contribution in [0.3, 0.4) is 0 Å². The molecule has 3 nitrogen and oxygen atoms in total. The van der Waals surface area contributed by atoms with Gasteiger partial charge in [0, 0.05) is 0 Å². The van der Waals surface area contributed by atoms with Gasteiger partial charge in [-0.2, -0.15) is 13.2 Å². The van der Waals surface area contributed by atoms with Gasteiger partial charge in [-0.1, -0.05) is 30.3 Å². The quantitative estimate of drug-likeness (QED) is 0.799. The van der Waals surface area contributed by atoms with Crippen molar-refractivity contribution < 1.29 is 27.4 Å². The van der Waals surface area contributed by atoms with Crippen LogP contribution in [0.1, 0.15) is 21.5 Å². The van der Waals surface area contributed by atoms with Gasteiger partial charge >= 0.3 is 12.1 Å². The minimum atomic E-state index is -4.57. The highest BCUT2D eigenvalue weighted by Crippen LogP contribution is 2.33. The molecule has 6 heteroatoms. The Morgan fingerprint density at radius 1 is 1.09 bits per heavy atom. The van der Waals surface area contributed by atoms with E-state index in [0.717, 1.165) is 24.8 Å². The molecule has 22 heavy (non-hydrogen) atoms. The summed E-state index contributed by atoms with van der Waals surface area (Å²) >= 11 is 0. The van der Waals surface area contributed by atoms with Gasteiger partial charge in [0.25, 0.3) is 0 Å². The first-order chi connectivity index (χ1) is 10.4. The van der Waals surface area contributed by atoms with Crippen molar-refractivity contribution in [2.45, 2.75) is 12.8 Å². The molecule has 0 amide bonds. The molecule has 0 aliphatic rings. The summed E-state index contributed by atoms with van der Waals surface area (Å²) in [6.45, 7) is 0.1000. The minimum Gasteiger partial charge on any atom is -0.489 e. The van der Waals surface area contributed by atoms with Crippen molar-refractivity contribution in [2.24, 2.45) is 0 Å². The van der Waals surface area contributed by atoms with E-state index in [-0.39, 0.29) is 17.9 Å². The van der Waals surface area contributed by atoms with Gasteiger partial charge in [-0.05, 0) is 23.8 Å². The molecule has 0 saturated carbocycles. The van der Waals surface area contributed by atoms with E-state index < -0.39 is 17.7 Å². The SMILES string of the molecule is COC(=O)c1cc(OCc2ccccc2)cc(C(F)(F)F)c1. The third-order valence-corrected chi connectivity index (χ3v) is 2.90. The van der Waals surface area contributed by atoms with Crippen LogP contribution >= 0.6 is 0 Å². The highest BCUT2D eigenvalue weighted by molar-refractivity contribution is 5.90. The van der Waals surface area contributed by atoms with Crippen LogP contribution in [0.5, 0.6) is 5.75 Å². The van der Waals surface area contributed by atoms with Gasteiger partial charge in [0.2, 0.25) is 0 Å². The number of benzene rings is 2. The Bertz CT molecular complexity index is 651. The Kier molecular flexibility index (Phi) is 4.70. The van der Waals surface area contributed by atoms with E-state index in [1.54, 1.807) is 24.3 Å². The van der Waals surface area contributed by atoms with E-state index in [1.807, 2.05) is 6.07 Å². The molecule has 0 aromatic heterocycles. The first-order valence-corrected chi connectivity index (χ1v) is 6.37. The monoisotopic (exact) mass is 310 g/mol. The Morgan fingerprint density at radius 3 is 2.36 bits per heavy atom. The maximum absolute atomic E-state index is 12.9. The fourth-order valence-corrected chi connectivity index (χ4v) is 1.82. The molecule has 0 N–H and O–H groups in total. The fraction of sp³-hybridized carbons (Fsp3) is 0.188. The second-order valence-corrected chi connectivity index (χ2v) is 4.51. The first kappa shape index (κ1) is 15.9. The van der Waals surface area contributed by atoms with E-state index in [4.69, 9.17) is 4.74 Å². The minimum absolute atomic E-state index is 0.0425. The van der Waals surface area contributed by atoms with E-state index in [9.17, 15) is 18.0 Å². The third kappa shape index (κ3) is 4.00. The fourth-order valence-electron chi connectivity index (χ4n) is 1.82. The number of methoxy groups -OCH3 is 1. The number of carbonyl (C=O) groups excluding carboxylic acids is 1. The van der Waals surface area contributed by atoms with Crippen molar-refractivity contribution in [2.75, 3.05) is 7.11 Å². The highest BCUT2D eigenvalue weighted by Gasteiger charge is 2.32. The summed E-state index contributed by atoms with van der Waals surface area (Å²) in [6.07, 6.45) is -4.57. The summed E-state index contributed by atoms with van der Waals surface area (Å²) in [7, 11) is 1.10. The van der Waals surface area contributed by atoms with Gasteiger partial charge in [0.05, 0.1) is 18.2 Å². The average molecular weight is 310 g/mol. The lowest BCUT2D eigenvalue weighted by Gasteiger charge is -2.12. The highest BCUT2D eigenvalue weighted by atomic mass is 19.4. The Hall–Kier alpha value is -2.50. The molecule has 0 heterocycles. The van der Waals surface area contributed by atoms with E-state index in [0.29, 0.717) is 0 Å². The summed E-state index contributed by atoms with van der Waals surface area (Å²) in [5, 5.41) is 0. The molecular weight excluding hydrogens is 297 g/mol. The lowest BCUT2D eigenvalue weighted by Crippen LogP contribution is -2.09. The lowest BCUT2D eigenvalue weighted by molar-refractivity contribution is -0.137. The number of esters is 1. The summed E-state index contributed by atoms with van der Waals surface area (Å²) in [5.74, 6) is -0.894. The van der Waals surface area contributed by atoms with Crippen molar-refractivity contribution in [3.63, 3.8) is 0 Å². The maximum Gasteiger partial charge on any atom is 0.416 e. The van der Waals surface area contributed by atoms with Crippen LogP contribution in [-0.4, -0.2) is 13.1 Å². The normalized spacial score (nSPS) is 11.1. The second-order valence-electron chi connectivity index (χ2n) is 4.51. The van der Waals surface area contributed by atoms with Crippen LogP contribution in [0.4, 0.5) is 13.2 Å². The molecule has 2 aromatic carbocycles. The summed E-state index contributed by atoms with van der Waals surface area (Å²) < 4.78 is 48.4. The Labute approximate surface area is 125 Å².